The van der Waals surface area contributed by atoms with Crippen LogP contribution in [0.25, 0.3) is 11.0 Å². The lowest BCUT2D eigenvalue weighted by Gasteiger charge is -2.35. The number of carbonyl (C=O) groups is 2. The number of anilines is 2. The van der Waals surface area contributed by atoms with Crippen molar-refractivity contribution in [2.24, 2.45) is 0 Å². The molecule has 0 radical (unpaired) electrons. The first-order chi connectivity index (χ1) is 15.8. The first-order valence-corrected chi connectivity index (χ1v) is 10.2. The summed E-state index contributed by atoms with van der Waals surface area (Å²) in [5.74, 6) is -0.0287. The van der Waals surface area contributed by atoms with Crippen molar-refractivity contribution in [3.63, 3.8) is 0 Å². The third-order valence-corrected chi connectivity index (χ3v) is 5.79. The normalized spacial score (nSPS) is 17.3. The number of fused-ring (bicyclic) bond motifs is 2. The smallest absolute Gasteiger partial charge is 0.411 e. The number of benzene rings is 3. The van der Waals surface area contributed by atoms with Crippen LogP contribution in [0.5, 0.6) is 5.75 Å². The second-order valence-electron chi connectivity index (χ2n) is 7.42. The molecule has 1 atom stereocenters. The van der Waals surface area contributed by atoms with E-state index in [-0.39, 0.29) is 5.95 Å². The van der Waals surface area contributed by atoms with Crippen molar-refractivity contribution in [3.8, 4) is 5.75 Å². The van der Waals surface area contributed by atoms with Gasteiger partial charge in [0, 0.05) is 21.7 Å². The van der Waals surface area contributed by atoms with Crippen molar-refractivity contribution < 1.29 is 24.5 Å². The molecule has 1 aliphatic heterocycles. The number of rotatable bonds is 4. The van der Waals surface area contributed by atoms with Crippen LogP contribution in [0.15, 0.2) is 60.7 Å². The Bertz CT molecular complexity index is 1440. The Balaban J connectivity index is 1.74. The number of methoxy groups -OCH3 is 1. The van der Waals surface area contributed by atoms with E-state index in [1.165, 1.54) is 12.0 Å². The number of carbonyl (C=O) groups excluding carboxylic acids is 1. The Morgan fingerprint density at radius 3 is 2.73 bits per heavy atom. The highest BCUT2D eigenvalue weighted by molar-refractivity contribution is 6.31. The van der Waals surface area contributed by atoms with E-state index in [1.807, 2.05) is 0 Å². The molecule has 0 fully saturated rings. The molecular formula is C23H17ClN4O5. The lowest BCUT2D eigenvalue weighted by atomic mass is 9.93. The fraction of sp³-hybridized carbons (Fsp3) is 0.0870. The van der Waals surface area contributed by atoms with Gasteiger partial charge in [-0.05, 0) is 36.4 Å². The molecule has 9 nitrogen and oxygen atoms in total. The Kier molecular flexibility index (Phi) is 4.73. The maximum atomic E-state index is 13.5. The lowest BCUT2D eigenvalue weighted by molar-refractivity contribution is 0.0700. The molecule has 1 aromatic heterocycles. The number of aromatic amines is 1. The minimum Gasteiger partial charge on any atom is -0.495 e. The monoisotopic (exact) mass is 464 g/mol. The minimum absolute atomic E-state index is 0.0397. The first-order valence-electron chi connectivity index (χ1n) is 9.83. The highest BCUT2D eigenvalue weighted by Gasteiger charge is 2.51. The number of nitrogens with one attached hydrogen (secondary N) is 2. The maximum absolute atomic E-state index is 13.5. The van der Waals surface area contributed by atoms with Gasteiger partial charge in [-0.25, -0.2) is 9.78 Å². The Morgan fingerprint density at radius 2 is 1.97 bits per heavy atom. The number of hydrogen-bond acceptors (Lipinski definition) is 5. The molecule has 2 amide bonds. The second kappa shape index (κ2) is 7.51. The molecule has 0 aliphatic carbocycles. The van der Waals surface area contributed by atoms with Gasteiger partial charge in [-0.15, -0.1) is 0 Å². The summed E-state index contributed by atoms with van der Waals surface area (Å²) in [6.07, 6.45) is -1.26. The van der Waals surface area contributed by atoms with E-state index in [4.69, 9.17) is 21.4 Å². The number of hydrogen-bond donors (Lipinski definition) is 4. The average molecular weight is 465 g/mol. The molecular weight excluding hydrogens is 448 g/mol. The summed E-state index contributed by atoms with van der Waals surface area (Å²) in [7, 11) is 1.47. The quantitative estimate of drug-likeness (QED) is 0.359. The van der Waals surface area contributed by atoms with Crippen molar-refractivity contribution in [2.45, 2.75) is 5.72 Å². The molecule has 166 valence electrons. The topological polar surface area (TPSA) is 128 Å². The summed E-state index contributed by atoms with van der Waals surface area (Å²) in [5.41, 5.74) is 0.438. The highest BCUT2D eigenvalue weighted by atomic mass is 35.5. The van der Waals surface area contributed by atoms with E-state index in [1.54, 1.807) is 60.7 Å². The lowest BCUT2D eigenvalue weighted by Crippen LogP contribution is -2.45. The number of carboxylic acid groups (broad SMARTS) is 1. The second-order valence-corrected chi connectivity index (χ2v) is 7.86. The molecule has 0 bridgehead atoms. The zero-order valence-corrected chi connectivity index (χ0v) is 17.9. The summed E-state index contributed by atoms with van der Waals surface area (Å²) in [5, 5.41) is 23.7. The van der Waals surface area contributed by atoms with E-state index in [2.05, 4.69) is 15.3 Å². The molecule has 4 aromatic rings. The van der Waals surface area contributed by atoms with Crippen molar-refractivity contribution in [2.75, 3.05) is 17.3 Å². The van der Waals surface area contributed by atoms with Gasteiger partial charge in [0.1, 0.15) is 5.75 Å². The third-order valence-electron chi connectivity index (χ3n) is 5.55. The first kappa shape index (κ1) is 20.8. The molecule has 3 aromatic carbocycles. The van der Waals surface area contributed by atoms with Crippen LogP contribution in [0.4, 0.5) is 16.4 Å². The van der Waals surface area contributed by atoms with Gasteiger partial charge in [-0.1, -0.05) is 35.9 Å². The molecule has 1 unspecified atom stereocenters. The number of halogens is 1. The third kappa shape index (κ3) is 3.17. The average Bonchev–Trinajstić information content (AvgIpc) is 3.29. The SMILES string of the molecule is COc1ccc(Cl)cc1N1C(=O)c2ccccc2C1(O)c1ccc2nc(NC(=O)O)[nH]c2c1. The molecule has 0 saturated heterocycles. The number of ether oxygens (including phenoxy) is 1. The van der Waals surface area contributed by atoms with Gasteiger partial charge in [0.2, 0.25) is 5.95 Å². The van der Waals surface area contributed by atoms with Crippen LogP contribution in [-0.4, -0.2) is 39.3 Å². The maximum Gasteiger partial charge on any atom is 0.411 e. The molecule has 0 spiro atoms. The van der Waals surface area contributed by atoms with Gasteiger partial charge in [0.25, 0.3) is 5.91 Å². The fourth-order valence-electron chi connectivity index (χ4n) is 4.15. The summed E-state index contributed by atoms with van der Waals surface area (Å²) >= 11 is 6.23. The standard InChI is InChI=1S/C23H17ClN4O5/c1-33-19-9-7-13(24)11-18(19)28-20(29)14-4-2-3-5-15(14)23(28,32)12-6-8-16-17(10-12)26-21(25-16)27-22(30)31/h2-11,32H,1H3,(H,30,31)(H2,25,26,27). The number of aliphatic hydroxyl groups is 1. The van der Waals surface area contributed by atoms with E-state index in [0.717, 1.165) is 0 Å². The summed E-state index contributed by atoms with van der Waals surface area (Å²) in [6, 6.07) is 16.5. The van der Waals surface area contributed by atoms with E-state index in [0.29, 0.717) is 44.2 Å². The van der Waals surface area contributed by atoms with E-state index < -0.39 is 17.7 Å². The molecule has 10 heteroatoms. The van der Waals surface area contributed by atoms with Gasteiger partial charge in [0.05, 0.1) is 23.8 Å². The number of imidazole rings is 1. The zero-order chi connectivity index (χ0) is 23.3. The number of aromatic nitrogens is 2. The van der Waals surface area contributed by atoms with Gasteiger partial charge >= 0.3 is 6.09 Å². The van der Waals surface area contributed by atoms with Crippen LogP contribution >= 0.6 is 11.6 Å². The van der Waals surface area contributed by atoms with Gasteiger partial charge < -0.3 is 19.9 Å². The van der Waals surface area contributed by atoms with Crippen LogP contribution in [0.2, 0.25) is 5.02 Å². The molecule has 33 heavy (non-hydrogen) atoms. The summed E-state index contributed by atoms with van der Waals surface area (Å²) < 4.78 is 5.46. The van der Waals surface area contributed by atoms with Crippen LogP contribution in [-0.2, 0) is 5.72 Å². The van der Waals surface area contributed by atoms with Crippen LogP contribution in [0, 0.1) is 0 Å². The van der Waals surface area contributed by atoms with Crippen molar-refractivity contribution in [1.82, 2.24) is 9.97 Å². The van der Waals surface area contributed by atoms with Crippen LogP contribution in [0.3, 0.4) is 0 Å². The molecule has 0 saturated carbocycles. The Labute approximate surface area is 192 Å². The van der Waals surface area contributed by atoms with E-state index in [9.17, 15) is 14.7 Å². The van der Waals surface area contributed by atoms with Crippen molar-refractivity contribution in [3.05, 3.63) is 82.4 Å². The number of amides is 2. The molecule has 2 heterocycles. The number of H-pyrrole nitrogens is 1. The van der Waals surface area contributed by atoms with Crippen LogP contribution in [0.1, 0.15) is 21.5 Å². The van der Waals surface area contributed by atoms with E-state index >= 15 is 0 Å². The number of nitrogens with zero attached hydrogens (tertiary/aromatic N) is 2. The minimum atomic E-state index is -1.90. The fourth-order valence-corrected chi connectivity index (χ4v) is 4.32. The molecule has 5 rings (SSSR count). The summed E-state index contributed by atoms with van der Waals surface area (Å²) in [4.78, 5) is 32.8. The zero-order valence-electron chi connectivity index (χ0n) is 17.2. The highest BCUT2D eigenvalue weighted by Crippen LogP contribution is 2.48. The molecule has 4 N–H and O–H groups in total. The van der Waals surface area contributed by atoms with Gasteiger partial charge in [0.15, 0.2) is 5.72 Å². The Hall–Kier alpha value is -4.08. The van der Waals surface area contributed by atoms with Crippen LogP contribution < -0.4 is 15.0 Å². The summed E-state index contributed by atoms with van der Waals surface area (Å²) in [6.45, 7) is 0. The van der Waals surface area contributed by atoms with Gasteiger partial charge in [-0.3, -0.25) is 15.0 Å². The van der Waals surface area contributed by atoms with Crippen molar-refractivity contribution >= 4 is 46.3 Å². The Morgan fingerprint density at radius 1 is 1.18 bits per heavy atom. The van der Waals surface area contributed by atoms with Crippen molar-refractivity contribution in [1.29, 1.82) is 0 Å². The predicted octanol–water partition coefficient (Wildman–Crippen LogP) is 4.17. The molecule has 1 aliphatic rings. The predicted molar refractivity (Wildman–Crippen MR) is 122 cm³/mol. The largest absolute Gasteiger partial charge is 0.495 e. The van der Waals surface area contributed by atoms with Gasteiger partial charge in [-0.2, -0.15) is 0 Å².